The van der Waals surface area contributed by atoms with Gasteiger partial charge in [-0.2, -0.15) is 0 Å². The highest BCUT2D eigenvalue weighted by atomic mass is 16.5. The molecule has 1 fully saturated rings. The van der Waals surface area contributed by atoms with Crippen LogP contribution in [0, 0.1) is 6.92 Å². The van der Waals surface area contributed by atoms with E-state index < -0.39 is 0 Å². The lowest BCUT2D eigenvalue weighted by Gasteiger charge is -2.30. The molecule has 0 atom stereocenters. The molecule has 0 aliphatic carbocycles. The van der Waals surface area contributed by atoms with Gasteiger partial charge in [-0.05, 0) is 12.8 Å². The van der Waals surface area contributed by atoms with E-state index in [9.17, 15) is 0 Å². The molecule has 2 aromatic heterocycles. The van der Waals surface area contributed by atoms with Gasteiger partial charge >= 0.3 is 0 Å². The zero-order valence-corrected chi connectivity index (χ0v) is 14.3. The number of aryl methyl sites for hydroxylation is 1. The summed E-state index contributed by atoms with van der Waals surface area (Å²) in [4.78, 5) is 12.1. The number of ether oxygens (including phenoxy) is 1. The number of anilines is 1. The molecule has 120 valence electrons. The van der Waals surface area contributed by atoms with Crippen LogP contribution in [-0.4, -0.2) is 40.7 Å². The number of nitrogens with zero attached hydrogens (tertiary/aromatic N) is 4. The van der Waals surface area contributed by atoms with Crippen molar-refractivity contribution >= 4 is 11.5 Å². The SMILES string of the molecule is Cc1cc(N2CCOCC2)n2c(C(C)C)nc(C(C)C)c2n1. The van der Waals surface area contributed by atoms with Gasteiger partial charge in [-0.25, -0.2) is 9.97 Å². The fourth-order valence-corrected chi connectivity index (χ4v) is 3.03. The van der Waals surface area contributed by atoms with Gasteiger partial charge in [0.05, 0.1) is 18.9 Å². The Morgan fingerprint density at radius 1 is 1.05 bits per heavy atom. The number of hydrogen-bond donors (Lipinski definition) is 0. The molecule has 1 saturated heterocycles. The fraction of sp³-hybridized carbons (Fsp3) is 0.647. The van der Waals surface area contributed by atoms with Crippen LogP contribution in [0.4, 0.5) is 5.82 Å². The largest absolute Gasteiger partial charge is 0.378 e. The summed E-state index contributed by atoms with van der Waals surface area (Å²) >= 11 is 0. The summed E-state index contributed by atoms with van der Waals surface area (Å²) in [5.74, 6) is 3.04. The van der Waals surface area contributed by atoms with Crippen LogP contribution in [0.2, 0.25) is 0 Å². The van der Waals surface area contributed by atoms with Crippen molar-refractivity contribution in [1.29, 1.82) is 0 Å². The Labute approximate surface area is 132 Å². The van der Waals surface area contributed by atoms with E-state index in [4.69, 9.17) is 14.7 Å². The van der Waals surface area contributed by atoms with Crippen molar-refractivity contribution in [3.8, 4) is 0 Å². The standard InChI is InChI=1S/C17H26N4O/c1-11(2)15-17-18-13(5)10-14(20-6-8-22-9-7-20)21(17)16(19-15)12(3)4/h10-12H,6-9H2,1-5H3. The van der Waals surface area contributed by atoms with Gasteiger partial charge in [0, 0.05) is 30.8 Å². The Balaban J connectivity index is 2.26. The molecule has 0 radical (unpaired) electrons. The maximum Gasteiger partial charge on any atom is 0.162 e. The predicted octanol–water partition coefficient (Wildman–Crippen LogP) is 3.12. The van der Waals surface area contributed by atoms with Gasteiger partial charge in [0.25, 0.3) is 0 Å². The molecule has 0 amide bonds. The van der Waals surface area contributed by atoms with E-state index in [0.29, 0.717) is 11.8 Å². The average molecular weight is 302 g/mol. The first-order chi connectivity index (χ1) is 10.5. The van der Waals surface area contributed by atoms with Gasteiger partial charge in [-0.3, -0.25) is 4.40 Å². The first-order valence-electron chi connectivity index (χ1n) is 8.21. The molecule has 3 rings (SSSR count). The van der Waals surface area contributed by atoms with Gasteiger partial charge in [0.15, 0.2) is 5.65 Å². The Morgan fingerprint density at radius 3 is 2.32 bits per heavy atom. The van der Waals surface area contributed by atoms with Gasteiger partial charge in [0.1, 0.15) is 11.6 Å². The minimum Gasteiger partial charge on any atom is -0.378 e. The minimum absolute atomic E-state index is 0.365. The summed E-state index contributed by atoms with van der Waals surface area (Å²) in [7, 11) is 0. The van der Waals surface area contributed by atoms with Crippen LogP contribution in [0.25, 0.3) is 5.65 Å². The minimum atomic E-state index is 0.365. The van der Waals surface area contributed by atoms with Gasteiger partial charge < -0.3 is 9.64 Å². The molecule has 5 nitrogen and oxygen atoms in total. The van der Waals surface area contributed by atoms with Crippen LogP contribution in [0.3, 0.4) is 0 Å². The number of fused-ring (bicyclic) bond motifs is 1. The van der Waals surface area contributed by atoms with Crippen LogP contribution >= 0.6 is 0 Å². The van der Waals surface area contributed by atoms with E-state index in [1.54, 1.807) is 0 Å². The Hall–Kier alpha value is -1.62. The van der Waals surface area contributed by atoms with E-state index in [1.165, 1.54) is 5.82 Å². The highest BCUT2D eigenvalue weighted by molar-refractivity contribution is 5.57. The summed E-state index contributed by atoms with van der Waals surface area (Å²) in [6, 6.07) is 2.18. The predicted molar refractivity (Wildman–Crippen MR) is 88.9 cm³/mol. The topological polar surface area (TPSA) is 42.7 Å². The third-order valence-electron chi connectivity index (χ3n) is 4.15. The molecular weight excluding hydrogens is 276 g/mol. The van der Waals surface area contributed by atoms with Crippen molar-refractivity contribution in [2.24, 2.45) is 0 Å². The quantitative estimate of drug-likeness (QED) is 0.873. The van der Waals surface area contributed by atoms with Gasteiger partial charge in [-0.15, -0.1) is 0 Å². The lowest BCUT2D eigenvalue weighted by Crippen LogP contribution is -2.37. The molecular formula is C17H26N4O. The highest BCUT2D eigenvalue weighted by Gasteiger charge is 2.23. The van der Waals surface area contributed by atoms with Crippen molar-refractivity contribution in [3.63, 3.8) is 0 Å². The average Bonchev–Trinajstić information content (AvgIpc) is 2.87. The molecule has 0 N–H and O–H groups in total. The molecule has 0 spiro atoms. The Bertz CT molecular complexity index is 669. The van der Waals surface area contributed by atoms with Crippen LogP contribution in [0.5, 0.6) is 0 Å². The van der Waals surface area contributed by atoms with Gasteiger partial charge in [-0.1, -0.05) is 27.7 Å². The number of rotatable bonds is 3. The first-order valence-corrected chi connectivity index (χ1v) is 8.21. The second kappa shape index (κ2) is 5.88. The maximum atomic E-state index is 5.50. The molecule has 0 bridgehead atoms. The van der Waals surface area contributed by atoms with Crippen molar-refractivity contribution in [3.05, 3.63) is 23.3 Å². The Kier molecular flexibility index (Phi) is 4.08. The molecule has 0 saturated carbocycles. The summed E-state index contributed by atoms with van der Waals surface area (Å²) in [6.07, 6.45) is 0. The van der Waals surface area contributed by atoms with Crippen molar-refractivity contribution < 1.29 is 4.74 Å². The van der Waals surface area contributed by atoms with Crippen molar-refractivity contribution in [1.82, 2.24) is 14.4 Å². The van der Waals surface area contributed by atoms with E-state index in [1.807, 2.05) is 0 Å². The van der Waals surface area contributed by atoms with Gasteiger partial charge in [0.2, 0.25) is 0 Å². The zero-order valence-electron chi connectivity index (χ0n) is 14.3. The molecule has 2 aromatic rings. The molecule has 5 heteroatoms. The summed E-state index contributed by atoms with van der Waals surface area (Å²) in [5.41, 5.74) is 3.16. The fourth-order valence-electron chi connectivity index (χ4n) is 3.03. The van der Waals surface area contributed by atoms with E-state index in [0.717, 1.165) is 49.2 Å². The molecule has 0 unspecified atom stereocenters. The molecule has 3 heterocycles. The van der Waals surface area contributed by atoms with E-state index >= 15 is 0 Å². The first kappa shape index (κ1) is 15.3. The van der Waals surface area contributed by atoms with Crippen LogP contribution in [0.15, 0.2) is 6.07 Å². The van der Waals surface area contributed by atoms with E-state index in [-0.39, 0.29) is 0 Å². The van der Waals surface area contributed by atoms with Crippen LogP contribution in [-0.2, 0) is 4.74 Å². The lowest BCUT2D eigenvalue weighted by atomic mass is 10.1. The third kappa shape index (κ3) is 2.58. The number of imidazole rings is 1. The lowest BCUT2D eigenvalue weighted by molar-refractivity contribution is 0.122. The number of aromatic nitrogens is 3. The molecule has 0 aromatic carbocycles. The van der Waals surface area contributed by atoms with Crippen molar-refractivity contribution in [2.75, 3.05) is 31.2 Å². The normalized spacial score (nSPS) is 16.2. The van der Waals surface area contributed by atoms with Crippen LogP contribution < -0.4 is 4.90 Å². The van der Waals surface area contributed by atoms with E-state index in [2.05, 4.69) is 50.0 Å². The van der Waals surface area contributed by atoms with Crippen molar-refractivity contribution in [2.45, 2.75) is 46.5 Å². The summed E-state index contributed by atoms with van der Waals surface area (Å²) in [5, 5.41) is 0. The zero-order chi connectivity index (χ0) is 15.9. The number of morpholine rings is 1. The summed E-state index contributed by atoms with van der Waals surface area (Å²) < 4.78 is 7.76. The second-order valence-corrected chi connectivity index (χ2v) is 6.68. The Morgan fingerprint density at radius 2 is 1.73 bits per heavy atom. The molecule has 1 aliphatic heterocycles. The highest BCUT2D eigenvalue weighted by Crippen LogP contribution is 2.29. The number of hydrogen-bond acceptors (Lipinski definition) is 4. The smallest absolute Gasteiger partial charge is 0.162 e. The third-order valence-corrected chi connectivity index (χ3v) is 4.15. The summed E-state index contributed by atoms with van der Waals surface area (Å²) in [6.45, 7) is 14.2. The molecule has 1 aliphatic rings. The molecule has 22 heavy (non-hydrogen) atoms. The monoisotopic (exact) mass is 302 g/mol. The maximum absolute atomic E-state index is 5.50. The van der Waals surface area contributed by atoms with Crippen LogP contribution in [0.1, 0.15) is 56.7 Å². The second-order valence-electron chi connectivity index (χ2n) is 6.68.